The maximum atomic E-state index is 13.1. The number of rotatable bonds is 8. The summed E-state index contributed by atoms with van der Waals surface area (Å²) in [6.07, 6.45) is 1.95. The average molecular weight is 438 g/mol. The predicted molar refractivity (Wildman–Crippen MR) is 124 cm³/mol. The van der Waals surface area contributed by atoms with Gasteiger partial charge >= 0.3 is 0 Å². The second-order valence-electron chi connectivity index (χ2n) is 7.87. The molecule has 0 radical (unpaired) electrons. The SMILES string of the molecule is CC(CNC(=O)CSc1nc2ccccc2c(=O)n1CC1CCCO1)c1ccccc1. The van der Waals surface area contributed by atoms with Gasteiger partial charge in [-0.25, -0.2) is 4.98 Å². The van der Waals surface area contributed by atoms with Crippen molar-refractivity contribution in [1.29, 1.82) is 0 Å². The molecule has 0 aliphatic carbocycles. The zero-order valence-corrected chi connectivity index (χ0v) is 18.4. The molecular formula is C24H27N3O3S. The number of aromatic nitrogens is 2. The number of fused-ring (bicyclic) bond motifs is 1. The number of nitrogens with one attached hydrogen (secondary N) is 1. The summed E-state index contributed by atoms with van der Waals surface area (Å²) in [5.74, 6) is 0.364. The van der Waals surface area contributed by atoms with Crippen molar-refractivity contribution >= 4 is 28.6 Å². The second kappa shape index (κ2) is 10.1. The molecule has 3 aromatic rings. The topological polar surface area (TPSA) is 73.2 Å². The fraction of sp³-hybridized carbons (Fsp3) is 0.375. The second-order valence-corrected chi connectivity index (χ2v) is 8.81. The molecule has 1 amide bonds. The lowest BCUT2D eigenvalue weighted by molar-refractivity contribution is -0.118. The number of hydrogen-bond acceptors (Lipinski definition) is 5. The lowest BCUT2D eigenvalue weighted by Crippen LogP contribution is -2.31. The van der Waals surface area contributed by atoms with Gasteiger partial charge in [-0.15, -0.1) is 0 Å². The van der Waals surface area contributed by atoms with Crippen molar-refractivity contribution in [1.82, 2.24) is 14.9 Å². The molecule has 1 aromatic heterocycles. The summed E-state index contributed by atoms with van der Waals surface area (Å²) in [7, 11) is 0. The van der Waals surface area contributed by atoms with Gasteiger partial charge in [0, 0.05) is 13.2 Å². The molecule has 2 aromatic carbocycles. The Morgan fingerprint density at radius 1 is 1.23 bits per heavy atom. The van der Waals surface area contributed by atoms with Crippen LogP contribution in [0.4, 0.5) is 0 Å². The summed E-state index contributed by atoms with van der Waals surface area (Å²) in [6.45, 7) is 3.85. The van der Waals surface area contributed by atoms with Crippen LogP contribution in [0.2, 0.25) is 0 Å². The third-order valence-corrected chi connectivity index (χ3v) is 6.52. The molecule has 1 aliphatic rings. The molecule has 0 bridgehead atoms. The summed E-state index contributed by atoms with van der Waals surface area (Å²) in [5, 5.41) is 4.15. The highest BCUT2D eigenvalue weighted by Gasteiger charge is 2.20. The lowest BCUT2D eigenvalue weighted by atomic mass is 10.0. The van der Waals surface area contributed by atoms with E-state index in [-0.39, 0.29) is 29.2 Å². The molecule has 7 heteroatoms. The molecule has 6 nitrogen and oxygen atoms in total. The van der Waals surface area contributed by atoms with Gasteiger partial charge in [0.15, 0.2) is 5.16 Å². The van der Waals surface area contributed by atoms with Crippen LogP contribution in [0.5, 0.6) is 0 Å². The van der Waals surface area contributed by atoms with Gasteiger partial charge in [-0.1, -0.05) is 61.2 Å². The van der Waals surface area contributed by atoms with E-state index in [1.807, 2.05) is 36.4 Å². The van der Waals surface area contributed by atoms with Crippen LogP contribution in [0.25, 0.3) is 10.9 Å². The minimum atomic E-state index is -0.0818. The third-order valence-electron chi connectivity index (χ3n) is 5.54. The first-order valence-corrected chi connectivity index (χ1v) is 11.7. The first kappa shape index (κ1) is 21.6. The number of benzene rings is 2. The van der Waals surface area contributed by atoms with E-state index in [0.717, 1.165) is 19.4 Å². The normalized spacial score (nSPS) is 17.0. The molecule has 162 valence electrons. The van der Waals surface area contributed by atoms with Gasteiger partial charge in [-0.05, 0) is 36.5 Å². The van der Waals surface area contributed by atoms with Crippen molar-refractivity contribution < 1.29 is 9.53 Å². The number of nitrogens with zero attached hydrogens (tertiary/aromatic N) is 2. The molecule has 1 aliphatic heterocycles. The van der Waals surface area contributed by atoms with Crippen molar-refractivity contribution in [2.45, 2.75) is 43.5 Å². The number of para-hydroxylation sites is 1. The van der Waals surface area contributed by atoms with E-state index < -0.39 is 0 Å². The van der Waals surface area contributed by atoms with Gasteiger partial charge in [0.25, 0.3) is 5.56 Å². The highest BCUT2D eigenvalue weighted by atomic mass is 32.2. The van der Waals surface area contributed by atoms with Crippen molar-refractivity contribution in [2.75, 3.05) is 18.9 Å². The zero-order valence-electron chi connectivity index (χ0n) is 17.6. The van der Waals surface area contributed by atoms with Crippen LogP contribution in [-0.2, 0) is 16.1 Å². The first-order valence-electron chi connectivity index (χ1n) is 10.7. The van der Waals surface area contributed by atoms with Crippen molar-refractivity contribution in [3.63, 3.8) is 0 Å². The van der Waals surface area contributed by atoms with Crippen molar-refractivity contribution in [3.8, 4) is 0 Å². The summed E-state index contributed by atoms with van der Waals surface area (Å²) in [5.41, 5.74) is 1.76. The fourth-order valence-corrected chi connectivity index (χ4v) is 4.60. The summed E-state index contributed by atoms with van der Waals surface area (Å²) in [4.78, 5) is 30.3. The first-order chi connectivity index (χ1) is 15.1. The smallest absolute Gasteiger partial charge is 0.262 e. The summed E-state index contributed by atoms with van der Waals surface area (Å²) >= 11 is 1.30. The number of hydrogen-bond donors (Lipinski definition) is 1. The standard InChI is InChI=1S/C24H27N3O3S/c1-17(18-8-3-2-4-9-18)14-25-22(28)16-31-24-26-21-12-6-5-11-20(21)23(29)27(24)15-19-10-7-13-30-19/h2-6,8-9,11-12,17,19H,7,10,13-16H2,1H3,(H,25,28). The molecule has 1 N–H and O–H groups in total. The highest BCUT2D eigenvalue weighted by Crippen LogP contribution is 2.21. The largest absolute Gasteiger partial charge is 0.376 e. The van der Waals surface area contributed by atoms with Crippen LogP contribution in [0.3, 0.4) is 0 Å². The molecule has 2 heterocycles. The van der Waals surface area contributed by atoms with Gasteiger partial charge in [0.1, 0.15) is 0 Å². The van der Waals surface area contributed by atoms with Crippen LogP contribution in [0.1, 0.15) is 31.2 Å². The molecule has 2 unspecified atom stereocenters. The summed E-state index contributed by atoms with van der Waals surface area (Å²) in [6, 6.07) is 17.5. The lowest BCUT2D eigenvalue weighted by Gasteiger charge is -2.17. The molecule has 0 saturated carbocycles. The molecule has 2 atom stereocenters. The average Bonchev–Trinajstić information content (AvgIpc) is 3.32. The fourth-order valence-electron chi connectivity index (χ4n) is 3.76. The Labute approximate surface area is 186 Å². The van der Waals surface area contributed by atoms with Crippen molar-refractivity contribution in [3.05, 3.63) is 70.5 Å². The molecule has 0 spiro atoms. The zero-order chi connectivity index (χ0) is 21.6. The van der Waals surface area contributed by atoms with Crippen LogP contribution in [0.15, 0.2) is 64.5 Å². The molecule has 31 heavy (non-hydrogen) atoms. The van der Waals surface area contributed by atoms with E-state index in [9.17, 15) is 9.59 Å². The minimum Gasteiger partial charge on any atom is -0.376 e. The van der Waals surface area contributed by atoms with Crippen molar-refractivity contribution in [2.24, 2.45) is 0 Å². The highest BCUT2D eigenvalue weighted by molar-refractivity contribution is 7.99. The van der Waals surface area contributed by atoms with Gasteiger partial charge < -0.3 is 10.1 Å². The number of amides is 1. The molecule has 1 fully saturated rings. The van der Waals surface area contributed by atoms with Crippen LogP contribution in [0, 0.1) is 0 Å². The molecule has 4 rings (SSSR count). The summed E-state index contributed by atoms with van der Waals surface area (Å²) < 4.78 is 7.40. The Balaban J connectivity index is 1.45. The van der Waals surface area contributed by atoms with Gasteiger partial charge in [-0.3, -0.25) is 14.2 Å². The monoisotopic (exact) mass is 437 g/mol. The van der Waals surface area contributed by atoms with Gasteiger partial charge in [0.05, 0.1) is 29.3 Å². The predicted octanol–water partition coefficient (Wildman–Crippen LogP) is 3.59. The Hall–Kier alpha value is -2.64. The van der Waals surface area contributed by atoms with E-state index in [2.05, 4.69) is 29.4 Å². The maximum absolute atomic E-state index is 13.1. The number of thioether (sulfide) groups is 1. The number of carbonyl (C=O) groups excluding carboxylic acids is 1. The van der Waals surface area contributed by atoms with E-state index in [4.69, 9.17) is 4.74 Å². The molecule has 1 saturated heterocycles. The van der Waals surface area contributed by atoms with E-state index in [1.54, 1.807) is 10.6 Å². The van der Waals surface area contributed by atoms with Crippen LogP contribution in [-0.4, -0.2) is 40.5 Å². The van der Waals surface area contributed by atoms with E-state index in [0.29, 0.717) is 29.1 Å². The molecular weight excluding hydrogens is 410 g/mol. The van der Waals surface area contributed by atoms with Gasteiger partial charge in [0.2, 0.25) is 5.91 Å². The van der Waals surface area contributed by atoms with E-state index in [1.165, 1.54) is 17.3 Å². The minimum absolute atomic E-state index is 0.0144. The van der Waals surface area contributed by atoms with Crippen LogP contribution >= 0.6 is 11.8 Å². The quantitative estimate of drug-likeness (QED) is 0.431. The maximum Gasteiger partial charge on any atom is 0.262 e. The Morgan fingerprint density at radius 3 is 2.77 bits per heavy atom. The Morgan fingerprint density at radius 2 is 2.00 bits per heavy atom. The van der Waals surface area contributed by atoms with E-state index >= 15 is 0 Å². The number of ether oxygens (including phenoxy) is 1. The number of carbonyl (C=O) groups is 1. The van der Waals surface area contributed by atoms with Gasteiger partial charge in [-0.2, -0.15) is 0 Å². The van der Waals surface area contributed by atoms with Crippen LogP contribution < -0.4 is 10.9 Å². The Kier molecular flexibility index (Phi) is 7.04. The third kappa shape index (κ3) is 5.35. The Bertz CT molecular complexity index is 1090.